The lowest BCUT2D eigenvalue weighted by Crippen LogP contribution is -2.02. The van der Waals surface area contributed by atoms with Gasteiger partial charge in [0.15, 0.2) is 0 Å². The Kier molecular flexibility index (Phi) is 10.3. The summed E-state index contributed by atoms with van der Waals surface area (Å²) < 4.78 is 69.5. The Bertz CT molecular complexity index is 2610. The Morgan fingerprint density at radius 3 is 1.19 bits per heavy atom. The normalized spacial score (nSPS) is 12.5. The van der Waals surface area contributed by atoms with E-state index in [1.165, 1.54) is 36.4 Å². The first-order valence-corrected chi connectivity index (χ1v) is 20.0. The molecule has 6 aromatic carbocycles. The zero-order valence-electron chi connectivity index (χ0n) is 25.6. The van der Waals surface area contributed by atoms with Crippen LogP contribution in [-0.2, 0) is 20.2 Å². The van der Waals surface area contributed by atoms with E-state index in [9.17, 15) is 36.2 Å². The van der Waals surface area contributed by atoms with Gasteiger partial charge >= 0.3 is 0 Å². The number of nitrogens with two attached hydrogens (primary N) is 2. The SMILES string of the molecule is Nc1c(/N=N/c2ccc(-c3ccc(/N=N/c4cc(S(=O)(=O)O)c5c(I)ccc(O)c5c4N)c(Cl)c3)cc2Cl)cc(S(=O)(=O)O)c2c(I)ccc(O)c12. The third kappa shape index (κ3) is 7.20. The third-order valence-electron chi connectivity index (χ3n) is 7.70. The summed E-state index contributed by atoms with van der Waals surface area (Å²) in [6.45, 7) is 0. The van der Waals surface area contributed by atoms with E-state index >= 15 is 0 Å². The zero-order valence-corrected chi connectivity index (χ0v) is 33.1. The molecule has 14 nitrogen and oxygen atoms in total. The number of azo groups is 2. The minimum Gasteiger partial charge on any atom is -0.507 e. The maximum atomic E-state index is 12.2. The van der Waals surface area contributed by atoms with Gasteiger partial charge in [-0.3, -0.25) is 9.11 Å². The molecular formula is C32H20Cl2I2N6O8S2. The molecule has 52 heavy (non-hydrogen) atoms. The van der Waals surface area contributed by atoms with Crippen molar-refractivity contribution in [3.63, 3.8) is 0 Å². The topological polar surface area (TPSA) is 251 Å². The first kappa shape index (κ1) is 37.8. The highest BCUT2D eigenvalue weighted by Crippen LogP contribution is 2.45. The van der Waals surface area contributed by atoms with Crippen molar-refractivity contribution in [3.8, 4) is 22.6 Å². The van der Waals surface area contributed by atoms with Crippen LogP contribution in [0.15, 0.2) is 103 Å². The molecule has 0 radical (unpaired) electrons. The number of aromatic hydroxyl groups is 2. The van der Waals surface area contributed by atoms with Crippen molar-refractivity contribution >= 4 is 144 Å². The molecule has 0 aliphatic rings. The van der Waals surface area contributed by atoms with Gasteiger partial charge in [0, 0.05) is 17.9 Å². The van der Waals surface area contributed by atoms with Crippen molar-refractivity contribution in [2.75, 3.05) is 11.5 Å². The maximum absolute atomic E-state index is 12.2. The molecule has 0 saturated heterocycles. The van der Waals surface area contributed by atoms with Crippen LogP contribution in [0.4, 0.5) is 34.1 Å². The van der Waals surface area contributed by atoms with E-state index in [-0.39, 0.29) is 77.2 Å². The fourth-order valence-electron chi connectivity index (χ4n) is 5.29. The molecule has 266 valence electrons. The number of phenols is 2. The molecule has 0 bridgehead atoms. The molecule has 0 amide bonds. The summed E-state index contributed by atoms with van der Waals surface area (Å²) in [5, 5.41) is 37.6. The quantitative estimate of drug-likeness (QED) is 0.0382. The lowest BCUT2D eigenvalue weighted by molar-refractivity contribution is 0.479. The van der Waals surface area contributed by atoms with Gasteiger partial charge in [0.05, 0.1) is 32.2 Å². The van der Waals surface area contributed by atoms with E-state index in [1.54, 1.807) is 24.3 Å². The van der Waals surface area contributed by atoms with Gasteiger partial charge in [-0.1, -0.05) is 35.3 Å². The number of hydrogen-bond donors (Lipinski definition) is 6. The Balaban J connectivity index is 1.31. The van der Waals surface area contributed by atoms with Gasteiger partial charge in [0.1, 0.15) is 44.0 Å². The van der Waals surface area contributed by atoms with Crippen molar-refractivity contribution in [1.82, 2.24) is 0 Å². The van der Waals surface area contributed by atoms with Crippen LogP contribution in [0.2, 0.25) is 10.0 Å². The smallest absolute Gasteiger partial charge is 0.295 e. The first-order valence-electron chi connectivity index (χ1n) is 14.2. The second-order valence-corrected chi connectivity index (χ2v) is 16.8. The zero-order chi connectivity index (χ0) is 37.9. The van der Waals surface area contributed by atoms with E-state index in [1.807, 2.05) is 45.2 Å². The molecule has 8 N–H and O–H groups in total. The van der Waals surface area contributed by atoms with Gasteiger partial charge in [0.2, 0.25) is 0 Å². The molecule has 0 aliphatic heterocycles. The van der Waals surface area contributed by atoms with E-state index < -0.39 is 30.0 Å². The molecule has 0 aromatic heterocycles. The molecule has 0 fully saturated rings. The Hall–Kier alpha value is -3.90. The fraction of sp³-hybridized carbons (Fsp3) is 0. The number of anilines is 2. The predicted octanol–water partition coefficient (Wildman–Crippen LogP) is 10.1. The van der Waals surface area contributed by atoms with Gasteiger partial charge in [0.25, 0.3) is 20.2 Å². The lowest BCUT2D eigenvalue weighted by atomic mass is 10.0. The van der Waals surface area contributed by atoms with Gasteiger partial charge in [-0.15, -0.1) is 20.5 Å². The molecule has 6 aromatic rings. The number of hydrogen-bond acceptors (Lipinski definition) is 12. The highest BCUT2D eigenvalue weighted by molar-refractivity contribution is 14.1. The van der Waals surface area contributed by atoms with Crippen LogP contribution in [0, 0.1) is 7.14 Å². The van der Waals surface area contributed by atoms with Crippen molar-refractivity contribution in [2.24, 2.45) is 20.5 Å². The number of nitrogens with zero attached hydrogens (tertiary/aromatic N) is 4. The number of fused-ring (bicyclic) bond motifs is 2. The van der Waals surface area contributed by atoms with Gasteiger partial charge in [-0.2, -0.15) is 16.8 Å². The Morgan fingerprint density at radius 2 is 0.865 bits per heavy atom. The molecule has 0 spiro atoms. The highest BCUT2D eigenvalue weighted by Gasteiger charge is 2.24. The minimum atomic E-state index is -4.75. The van der Waals surface area contributed by atoms with Crippen LogP contribution in [0.1, 0.15) is 0 Å². The first-order chi connectivity index (χ1) is 24.4. The van der Waals surface area contributed by atoms with E-state index in [0.29, 0.717) is 18.3 Å². The van der Waals surface area contributed by atoms with Crippen molar-refractivity contribution < 1.29 is 36.2 Å². The summed E-state index contributed by atoms with van der Waals surface area (Å²) in [6.07, 6.45) is 0. The van der Waals surface area contributed by atoms with Crippen LogP contribution < -0.4 is 11.5 Å². The summed E-state index contributed by atoms with van der Waals surface area (Å²) in [5.74, 6) is -0.634. The van der Waals surface area contributed by atoms with Crippen molar-refractivity contribution in [3.05, 3.63) is 90.0 Å². The van der Waals surface area contributed by atoms with Crippen LogP contribution in [0.25, 0.3) is 32.7 Å². The van der Waals surface area contributed by atoms with Gasteiger partial charge in [-0.05, 0) is 117 Å². The van der Waals surface area contributed by atoms with E-state index in [0.717, 1.165) is 12.1 Å². The Labute approximate surface area is 332 Å². The summed E-state index contributed by atoms with van der Waals surface area (Å²) in [5.41, 5.74) is 13.6. The third-order valence-corrected chi connectivity index (χ3v) is 11.9. The average molecular weight is 1010 g/mol. The highest BCUT2D eigenvalue weighted by atomic mass is 127. The van der Waals surface area contributed by atoms with Crippen LogP contribution in [-0.4, -0.2) is 36.2 Å². The summed E-state index contributed by atoms with van der Waals surface area (Å²) >= 11 is 16.8. The van der Waals surface area contributed by atoms with Crippen molar-refractivity contribution in [1.29, 1.82) is 0 Å². The minimum absolute atomic E-state index is 0.0186. The molecule has 0 aliphatic carbocycles. The molecule has 20 heteroatoms. The standard InChI is InChI=1S/C32H20Cl2I2N6O8S2/c33-15-9-13(1-5-19(15)39-41-21-11-25(51(45,46)47)27-17(35)3-7-23(43)29(27)31(21)37)14-2-6-20(16(34)10-14)40-42-22-12-26(52(48,49)50)28-18(36)4-8-24(44)30(28)32(22)38/h1-12,43-44H,37-38H2,(H,45,46,47)(H,48,49,50)/b41-39+,42-40+. The molecular weight excluding hydrogens is 985 g/mol. The number of rotatable bonds is 7. The van der Waals surface area contributed by atoms with Gasteiger partial charge in [-0.25, -0.2) is 0 Å². The van der Waals surface area contributed by atoms with E-state index in [2.05, 4.69) is 20.5 Å². The number of halogens is 4. The molecule has 0 saturated carbocycles. The van der Waals surface area contributed by atoms with E-state index in [4.69, 9.17) is 34.7 Å². The fourth-order valence-corrected chi connectivity index (χ4v) is 9.03. The summed E-state index contributed by atoms with van der Waals surface area (Å²) in [7, 11) is -9.50. The summed E-state index contributed by atoms with van der Waals surface area (Å²) in [6, 6.07) is 17.3. The van der Waals surface area contributed by atoms with Crippen LogP contribution in [0.3, 0.4) is 0 Å². The lowest BCUT2D eigenvalue weighted by Gasteiger charge is -2.12. The van der Waals surface area contributed by atoms with Crippen LogP contribution >= 0.6 is 68.4 Å². The van der Waals surface area contributed by atoms with Crippen LogP contribution in [0.5, 0.6) is 11.5 Å². The monoisotopic (exact) mass is 1000 g/mol. The van der Waals surface area contributed by atoms with Crippen molar-refractivity contribution in [2.45, 2.75) is 9.79 Å². The second-order valence-electron chi connectivity index (χ2n) is 10.9. The second kappa shape index (κ2) is 14.2. The average Bonchev–Trinajstić information content (AvgIpc) is 3.06. The largest absolute Gasteiger partial charge is 0.507 e. The predicted molar refractivity (Wildman–Crippen MR) is 215 cm³/mol. The molecule has 0 heterocycles. The summed E-state index contributed by atoms with van der Waals surface area (Å²) in [4.78, 5) is -1.02. The molecule has 6 rings (SSSR count). The number of nitrogen functional groups attached to an aromatic ring is 2. The number of benzene rings is 6. The molecule has 0 unspecified atom stereocenters. The molecule has 0 atom stereocenters. The Morgan fingerprint density at radius 1 is 0.519 bits per heavy atom. The maximum Gasteiger partial charge on any atom is 0.295 e. The van der Waals surface area contributed by atoms with Gasteiger partial charge < -0.3 is 21.7 Å². The number of phenolic OH excluding ortho intramolecular Hbond substituents is 2.